The summed E-state index contributed by atoms with van der Waals surface area (Å²) in [7, 11) is 0. The number of amides is 3. The standard InChI is InChI=1S/C24H35ClN4O3/c1-18(2)22(26-23(31)19-9-5-6-10-20(19)25)24(32)29-15-13-27(14-16-29)17-21(30)28-11-7-3-4-8-12-28/h5-6,9-10,18,22H,3-4,7-8,11-17H2,1-2H3,(H,26,31). The predicted octanol–water partition coefficient (Wildman–Crippen LogP) is 2.64. The van der Waals surface area contributed by atoms with Crippen LogP contribution in [-0.4, -0.2) is 84.3 Å². The van der Waals surface area contributed by atoms with E-state index in [2.05, 4.69) is 10.2 Å². The van der Waals surface area contributed by atoms with Crippen LogP contribution in [0.5, 0.6) is 0 Å². The fraction of sp³-hybridized carbons (Fsp3) is 0.625. The van der Waals surface area contributed by atoms with Crippen molar-refractivity contribution in [1.29, 1.82) is 0 Å². The van der Waals surface area contributed by atoms with E-state index in [0.717, 1.165) is 25.9 Å². The number of benzene rings is 1. The lowest BCUT2D eigenvalue weighted by Crippen LogP contribution is -2.57. The first-order valence-corrected chi connectivity index (χ1v) is 12.1. The van der Waals surface area contributed by atoms with Crippen LogP contribution in [0.3, 0.4) is 0 Å². The first kappa shape index (κ1) is 24.5. The Morgan fingerprint density at radius 2 is 1.53 bits per heavy atom. The highest BCUT2D eigenvalue weighted by Gasteiger charge is 2.32. The molecule has 2 aliphatic rings. The Kier molecular flexibility index (Phi) is 8.93. The van der Waals surface area contributed by atoms with Crippen molar-refractivity contribution in [3.8, 4) is 0 Å². The second kappa shape index (κ2) is 11.7. The average Bonchev–Trinajstić information content (AvgIpc) is 3.07. The molecular formula is C24H35ClN4O3. The number of hydrogen-bond donors (Lipinski definition) is 1. The maximum atomic E-state index is 13.2. The molecule has 0 aliphatic carbocycles. The normalized spacial score (nSPS) is 18.9. The van der Waals surface area contributed by atoms with Gasteiger partial charge in [-0.2, -0.15) is 0 Å². The molecule has 7 nitrogen and oxygen atoms in total. The fourth-order valence-corrected chi connectivity index (χ4v) is 4.53. The minimum atomic E-state index is -0.621. The Bertz CT molecular complexity index is 800. The number of carbonyl (C=O) groups excluding carboxylic acids is 3. The van der Waals surface area contributed by atoms with Crippen molar-refractivity contribution in [1.82, 2.24) is 20.0 Å². The largest absolute Gasteiger partial charge is 0.342 e. The van der Waals surface area contributed by atoms with Crippen LogP contribution in [0, 0.1) is 5.92 Å². The zero-order chi connectivity index (χ0) is 23.1. The highest BCUT2D eigenvalue weighted by atomic mass is 35.5. The second-order valence-corrected chi connectivity index (χ2v) is 9.48. The molecule has 8 heteroatoms. The van der Waals surface area contributed by atoms with Gasteiger partial charge in [0.25, 0.3) is 5.91 Å². The molecule has 1 aromatic carbocycles. The molecule has 2 saturated heterocycles. The van der Waals surface area contributed by atoms with Crippen LogP contribution in [0.4, 0.5) is 0 Å². The molecule has 1 N–H and O–H groups in total. The summed E-state index contributed by atoms with van der Waals surface area (Å²) in [5.41, 5.74) is 0.365. The second-order valence-electron chi connectivity index (χ2n) is 9.07. The van der Waals surface area contributed by atoms with E-state index in [-0.39, 0.29) is 23.6 Å². The Hall–Kier alpha value is -2.12. The number of halogens is 1. The zero-order valence-corrected chi connectivity index (χ0v) is 19.9. The molecular weight excluding hydrogens is 428 g/mol. The van der Waals surface area contributed by atoms with E-state index < -0.39 is 6.04 Å². The smallest absolute Gasteiger partial charge is 0.253 e. The molecule has 0 aromatic heterocycles. The average molecular weight is 463 g/mol. The molecule has 1 unspecified atom stereocenters. The molecule has 3 rings (SSSR count). The maximum absolute atomic E-state index is 13.2. The van der Waals surface area contributed by atoms with Crippen molar-refractivity contribution in [2.45, 2.75) is 45.6 Å². The Labute approximate surface area is 196 Å². The van der Waals surface area contributed by atoms with Crippen molar-refractivity contribution < 1.29 is 14.4 Å². The summed E-state index contributed by atoms with van der Waals surface area (Å²) in [6.07, 6.45) is 4.58. The summed E-state index contributed by atoms with van der Waals surface area (Å²) in [4.78, 5) is 44.5. The summed E-state index contributed by atoms with van der Waals surface area (Å²) in [6.45, 7) is 8.41. The third-order valence-corrected chi connectivity index (χ3v) is 6.67. The lowest BCUT2D eigenvalue weighted by Gasteiger charge is -2.37. The maximum Gasteiger partial charge on any atom is 0.253 e. The van der Waals surface area contributed by atoms with E-state index in [0.29, 0.717) is 43.3 Å². The predicted molar refractivity (Wildman–Crippen MR) is 126 cm³/mol. The van der Waals surface area contributed by atoms with Crippen molar-refractivity contribution in [3.63, 3.8) is 0 Å². The Morgan fingerprint density at radius 1 is 0.906 bits per heavy atom. The van der Waals surface area contributed by atoms with E-state index >= 15 is 0 Å². The van der Waals surface area contributed by atoms with Crippen molar-refractivity contribution in [2.75, 3.05) is 45.8 Å². The highest BCUT2D eigenvalue weighted by Crippen LogP contribution is 2.17. The number of likely N-dealkylation sites (tertiary alicyclic amines) is 1. The molecule has 0 saturated carbocycles. The van der Waals surface area contributed by atoms with Gasteiger partial charge in [-0.05, 0) is 30.9 Å². The zero-order valence-electron chi connectivity index (χ0n) is 19.2. The molecule has 0 spiro atoms. The number of nitrogens with zero attached hydrogens (tertiary/aromatic N) is 3. The first-order chi connectivity index (χ1) is 15.4. The minimum Gasteiger partial charge on any atom is -0.342 e. The van der Waals surface area contributed by atoms with E-state index in [9.17, 15) is 14.4 Å². The summed E-state index contributed by atoms with van der Waals surface area (Å²) in [6, 6.07) is 6.21. The molecule has 0 radical (unpaired) electrons. The third-order valence-electron chi connectivity index (χ3n) is 6.34. The van der Waals surface area contributed by atoms with Crippen molar-refractivity contribution >= 4 is 29.3 Å². The summed E-state index contributed by atoms with van der Waals surface area (Å²) in [5, 5.41) is 3.24. The summed E-state index contributed by atoms with van der Waals surface area (Å²) >= 11 is 6.14. The summed E-state index contributed by atoms with van der Waals surface area (Å²) in [5.74, 6) is -0.293. The Morgan fingerprint density at radius 3 is 2.12 bits per heavy atom. The summed E-state index contributed by atoms with van der Waals surface area (Å²) < 4.78 is 0. The minimum absolute atomic E-state index is 0.0587. The molecule has 32 heavy (non-hydrogen) atoms. The van der Waals surface area contributed by atoms with Crippen LogP contribution in [0.15, 0.2) is 24.3 Å². The quantitative estimate of drug-likeness (QED) is 0.705. The number of piperazine rings is 1. The van der Waals surface area contributed by atoms with Crippen molar-refractivity contribution in [2.24, 2.45) is 5.92 Å². The van der Waals surface area contributed by atoms with E-state index in [1.54, 1.807) is 29.2 Å². The molecule has 2 aliphatic heterocycles. The fourth-order valence-electron chi connectivity index (χ4n) is 4.31. The van der Waals surface area contributed by atoms with Crippen LogP contribution in [0.25, 0.3) is 0 Å². The van der Waals surface area contributed by atoms with E-state index in [1.807, 2.05) is 18.7 Å². The van der Waals surface area contributed by atoms with Crippen LogP contribution in [-0.2, 0) is 9.59 Å². The molecule has 2 fully saturated rings. The van der Waals surface area contributed by atoms with Crippen LogP contribution >= 0.6 is 11.6 Å². The van der Waals surface area contributed by atoms with Gasteiger partial charge in [0, 0.05) is 39.3 Å². The topological polar surface area (TPSA) is 73.0 Å². The van der Waals surface area contributed by atoms with Gasteiger partial charge in [0.15, 0.2) is 0 Å². The monoisotopic (exact) mass is 462 g/mol. The van der Waals surface area contributed by atoms with Crippen LogP contribution < -0.4 is 5.32 Å². The lowest BCUT2D eigenvalue weighted by molar-refractivity contribution is -0.137. The van der Waals surface area contributed by atoms with Gasteiger partial charge in [0.2, 0.25) is 11.8 Å². The highest BCUT2D eigenvalue weighted by molar-refractivity contribution is 6.33. The van der Waals surface area contributed by atoms with E-state index in [4.69, 9.17) is 11.6 Å². The van der Waals surface area contributed by atoms with Gasteiger partial charge in [0.05, 0.1) is 17.1 Å². The number of nitrogens with one attached hydrogen (secondary N) is 1. The van der Waals surface area contributed by atoms with Crippen molar-refractivity contribution in [3.05, 3.63) is 34.9 Å². The SMILES string of the molecule is CC(C)C(NC(=O)c1ccccc1Cl)C(=O)N1CCN(CC(=O)N2CCCCCC2)CC1. The van der Waals surface area contributed by atoms with Gasteiger partial charge in [-0.25, -0.2) is 0 Å². The molecule has 3 amide bonds. The number of rotatable bonds is 6. The first-order valence-electron chi connectivity index (χ1n) is 11.7. The molecule has 2 heterocycles. The lowest BCUT2D eigenvalue weighted by atomic mass is 10.0. The van der Waals surface area contributed by atoms with E-state index in [1.165, 1.54) is 12.8 Å². The van der Waals surface area contributed by atoms with Gasteiger partial charge in [-0.1, -0.05) is 50.4 Å². The van der Waals surface area contributed by atoms with Crippen LogP contribution in [0.1, 0.15) is 49.9 Å². The third kappa shape index (κ3) is 6.45. The molecule has 176 valence electrons. The van der Waals surface area contributed by atoms with Gasteiger partial charge in [-0.3, -0.25) is 19.3 Å². The van der Waals surface area contributed by atoms with Crippen LogP contribution in [0.2, 0.25) is 5.02 Å². The van der Waals surface area contributed by atoms with Gasteiger partial charge in [-0.15, -0.1) is 0 Å². The molecule has 1 atom stereocenters. The van der Waals surface area contributed by atoms with Gasteiger partial charge >= 0.3 is 0 Å². The number of hydrogen-bond acceptors (Lipinski definition) is 4. The Balaban J connectivity index is 1.52. The molecule has 1 aromatic rings. The van der Waals surface area contributed by atoms with Gasteiger partial charge < -0.3 is 15.1 Å². The van der Waals surface area contributed by atoms with Gasteiger partial charge in [0.1, 0.15) is 6.04 Å². The number of carbonyl (C=O) groups is 3. The molecule has 0 bridgehead atoms.